The molecule has 6 nitrogen and oxygen atoms in total. The van der Waals surface area contributed by atoms with Crippen LogP contribution in [0.2, 0.25) is 0 Å². The summed E-state index contributed by atoms with van der Waals surface area (Å²) >= 11 is 1.73. The summed E-state index contributed by atoms with van der Waals surface area (Å²) in [5.41, 5.74) is 2.31. The summed E-state index contributed by atoms with van der Waals surface area (Å²) in [4.78, 5) is 26.7. The van der Waals surface area contributed by atoms with Crippen LogP contribution in [0.1, 0.15) is 37.9 Å². The topological polar surface area (TPSA) is 76.7 Å². The minimum atomic E-state index is -0.622. The maximum absolute atomic E-state index is 13.1. The maximum Gasteiger partial charge on any atom is 0.338 e. The van der Waals surface area contributed by atoms with Gasteiger partial charge in [0.15, 0.2) is 0 Å². The van der Waals surface area contributed by atoms with Crippen LogP contribution < -0.4 is 15.4 Å². The molecule has 7 heteroatoms. The van der Waals surface area contributed by atoms with Crippen LogP contribution in [-0.2, 0) is 9.53 Å². The number of thioether (sulfide) groups is 1. The average Bonchev–Trinajstić information content (AvgIpc) is 2.73. The van der Waals surface area contributed by atoms with E-state index in [9.17, 15) is 9.59 Å². The number of methoxy groups -OCH3 is 1. The van der Waals surface area contributed by atoms with Gasteiger partial charge in [0.2, 0.25) is 0 Å². The third-order valence-corrected chi connectivity index (χ3v) is 5.43. The van der Waals surface area contributed by atoms with Gasteiger partial charge in [0.25, 0.3) is 0 Å². The summed E-state index contributed by atoms with van der Waals surface area (Å²) in [7, 11) is 1.59. The van der Waals surface area contributed by atoms with E-state index in [-0.39, 0.29) is 12.1 Å². The molecule has 1 unspecified atom stereocenters. The molecular weight excluding hydrogens is 400 g/mol. The van der Waals surface area contributed by atoms with Crippen LogP contribution in [0.5, 0.6) is 5.75 Å². The van der Waals surface area contributed by atoms with E-state index in [1.807, 2.05) is 24.3 Å². The lowest BCUT2D eigenvalue weighted by molar-refractivity contribution is -0.143. The van der Waals surface area contributed by atoms with E-state index in [1.54, 1.807) is 57.0 Å². The van der Waals surface area contributed by atoms with Crippen molar-refractivity contribution in [1.82, 2.24) is 10.6 Å². The van der Waals surface area contributed by atoms with Gasteiger partial charge in [-0.1, -0.05) is 19.1 Å². The van der Waals surface area contributed by atoms with E-state index >= 15 is 0 Å². The lowest BCUT2D eigenvalue weighted by Crippen LogP contribution is -2.45. The number of benzene rings is 2. The van der Waals surface area contributed by atoms with Gasteiger partial charge in [-0.05, 0) is 67.1 Å². The number of hydrogen-bond donors (Lipinski definition) is 2. The summed E-state index contributed by atoms with van der Waals surface area (Å²) in [6, 6.07) is 14.0. The molecule has 2 aromatic rings. The Morgan fingerprint density at radius 1 is 1.10 bits per heavy atom. The number of esters is 1. The van der Waals surface area contributed by atoms with Crippen molar-refractivity contribution in [3.8, 4) is 5.75 Å². The number of carbonyl (C=O) groups is 2. The van der Waals surface area contributed by atoms with Gasteiger partial charge >= 0.3 is 12.0 Å². The normalized spacial score (nSPS) is 16.2. The van der Waals surface area contributed by atoms with Crippen molar-refractivity contribution < 1.29 is 19.1 Å². The molecule has 0 saturated carbocycles. The number of urea groups is 1. The number of hydrogen-bond acceptors (Lipinski definition) is 5. The number of amides is 2. The molecular formula is C23H26N2O4S. The van der Waals surface area contributed by atoms with Crippen molar-refractivity contribution in [3.63, 3.8) is 0 Å². The maximum atomic E-state index is 13.1. The van der Waals surface area contributed by atoms with Gasteiger partial charge in [-0.15, -0.1) is 11.8 Å². The van der Waals surface area contributed by atoms with Crippen molar-refractivity contribution in [2.45, 2.75) is 37.8 Å². The Labute approximate surface area is 181 Å². The van der Waals surface area contributed by atoms with Crippen LogP contribution in [0.15, 0.2) is 59.0 Å². The van der Waals surface area contributed by atoms with Crippen LogP contribution in [0.3, 0.4) is 0 Å². The first kappa shape index (κ1) is 21.8. The van der Waals surface area contributed by atoms with E-state index in [1.165, 1.54) is 0 Å². The molecule has 1 heterocycles. The lowest BCUT2D eigenvalue weighted by Gasteiger charge is -2.30. The summed E-state index contributed by atoms with van der Waals surface area (Å²) in [6.07, 6.45) is -0.288. The van der Waals surface area contributed by atoms with Gasteiger partial charge in [0.05, 0.1) is 30.5 Å². The Hall–Kier alpha value is -2.93. The predicted octanol–water partition coefficient (Wildman–Crippen LogP) is 4.52. The molecule has 2 aromatic carbocycles. The minimum Gasteiger partial charge on any atom is -0.497 e. The van der Waals surface area contributed by atoms with Crippen LogP contribution in [0, 0.1) is 0 Å². The molecule has 1 atom stereocenters. The van der Waals surface area contributed by atoms with Crippen molar-refractivity contribution >= 4 is 29.5 Å². The fraction of sp³-hybridized carbons (Fsp3) is 0.304. The molecule has 0 fully saturated rings. The highest BCUT2D eigenvalue weighted by Gasteiger charge is 2.34. The SMILES string of the molecule is CCSc1ccc(C2NC(=O)NC(c3ccc(OC)cc3)=C2C(=O)OC(C)C)cc1. The molecule has 2 amide bonds. The summed E-state index contributed by atoms with van der Waals surface area (Å²) < 4.78 is 10.7. The first-order valence-corrected chi connectivity index (χ1v) is 10.8. The molecule has 0 saturated heterocycles. The molecule has 0 spiro atoms. The second-order valence-electron chi connectivity index (χ2n) is 7.00. The number of rotatable bonds is 7. The number of carbonyl (C=O) groups excluding carboxylic acids is 2. The van der Waals surface area contributed by atoms with Crippen molar-refractivity contribution in [2.24, 2.45) is 0 Å². The summed E-state index contributed by atoms with van der Waals surface area (Å²) in [6.45, 7) is 5.69. The number of ether oxygens (including phenoxy) is 2. The molecule has 1 aliphatic heterocycles. The standard InChI is InChI=1S/C23H26N2O4S/c1-5-30-18-12-8-16(9-13-18)21-19(22(26)29-14(2)3)20(24-23(27)25-21)15-6-10-17(28-4)11-7-15/h6-14,21H,5H2,1-4H3,(H2,24,25,27). The highest BCUT2D eigenvalue weighted by molar-refractivity contribution is 7.99. The van der Waals surface area contributed by atoms with E-state index < -0.39 is 12.0 Å². The van der Waals surface area contributed by atoms with Gasteiger partial charge < -0.3 is 20.1 Å². The van der Waals surface area contributed by atoms with Crippen molar-refractivity contribution in [2.75, 3.05) is 12.9 Å². The van der Waals surface area contributed by atoms with Crippen LogP contribution in [0.25, 0.3) is 5.70 Å². The smallest absolute Gasteiger partial charge is 0.338 e. The van der Waals surface area contributed by atoms with Gasteiger partial charge in [-0.3, -0.25) is 0 Å². The zero-order valence-corrected chi connectivity index (χ0v) is 18.3. The largest absolute Gasteiger partial charge is 0.497 e. The number of nitrogens with one attached hydrogen (secondary N) is 2. The van der Waals surface area contributed by atoms with Gasteiger partial charge in [0, 0.05) is 4.90 Å². The van der Waals surface area contributed by atoms with Gasteiger partial charge in [-0.25, -0.2) is 9.59 Å². The van der Waals surface area contributed by atoms with E-state index in [0.717, 1.165) is 16.2 Å². The summed E-state index contributed by atoms with van der Waals surface area (Å²) in [5.74, 6) is 1.18. The van der Waals surface area contributed by atoms with Crippen LogP contribution >= 0.6 is 11.8 Å². The zero-order chi connectivity index (χ0) is 21.7. The average molecular weight is 427 g/mol. The molecule has 3 rings (SSSR count). The fourth-order valence-electron chi connectivity index (χ4n) is 3.22. The highest BCUT2D eigenvalue weighted by atomic mass is 32.2. The van der Waals surface area contributed by atoms with E-state index in [2.05, 4.69) is 17.6 Å². The van der Waals surface area contributed by atoms with Crippen LogP contribution in [-0.4, -0.2) is 31.0 Å². The zero-order valence-electron chi connectivity index (χ0n) is 17.5. The van der Waals surface area contributed by atoms with Crippen molar-refractivity contribution in [3.05, 3.63) is 65.2 Å². The Morgan fingerprint density at radius 2 is 1.77 bits per heavy atom. The Bertz CT molecular complexity index is 937. The second kappa shape index (κ2) is 9.71. The lowest BCUT2D eigenvalue weighted by atomic mass is 9.92. The molecule has 158 valence electrons. The fourth-order valence-corrected chi connectivity index (χ4v) is 3.88. The van der Waals surface area contributed by atoms with E-state index in [4.69, 9.17) is 9.47 Å². The Balaban J connectivity index is 2.10. The van der Waals surface area contributed by atoms with Crippen molar-refractivity contribution in [1.29, 1.82) is 0 Å². The minimum absolute atomic E-state index is 0.288. The Kier molecular flexibility index (Phi) is 7.05. The highest BCUT2D eigenvalue weighted by Crippen LogP contribution is 2.33. The third-order valence-electron chi connectivity index (χ3n) is 4.54. The summed E-state index contributed by atoms with van der Waals surface area (Å²) in [5, 5.41) is 5.66. The second-order valence-corrected chi connectivity index (χ2v) is 8.34. The molecule has 0 aromatic heterocycles. The Morgan fingerprint density at radius 3 is 2.33 bits per heavy atom. The molecule has 0 radical (unpaired) electrons. The van der Waals surface area contributed by atoms with Gasteiger partial charge in [-0.2, -0.15) is 0 Å². The quantitative estimate of drug-likeness (QED) is 0.503. The molecule has 2 N–H and O–H groups in total. The molecule has 1 aliphatic rings. The van der Waals surface area contributed by atoms with Gasteiger partial charge in [0.1, 0.15) is 5.75 Å². The van der Waals surface area contributed by atoms with E-state index in [0.29, 0.717) is 22.6 Å². The first-order valence-electron chi connectivity index (χ1n) is 9.82. The molecule has 0 bridgehead atoms. The first-order chi connectivity index (χ1) is 14.4. The third kappa shape index (κ3) is 4.97. The molecule has 30 heavy (non-hydrogen) atoms. The van der Waals surface area contributed by atoms with Crippen LogP contribution in [0.4, 0.5) is 4.79 Å². The monoisotopic (exact) mass is 426 g/mol. The predicted molar refractivity (Wildman–Crippen MR) is 118 cm³/mol. The molecule has 0 aliphatic carbocycles.